The minimum absolute atomic E-state index is 0.323. The van der Waals surface area contributed by atoms with E-state index in [1.165, 1.54) is 0 Å². The summed E-state index contributed by atoms with van der Waals surface area (Å²) in [5.41, 5.74) is 1.10. The first-order chi connectivity index (χ1) is 16.2. The smallest absolute Gasteiger partial charge is 0.298 e. The van der Waals surface area contributed by atoms with Crippen molar-refractivity contribution in [3.05, 3.63) is 66.2 Å². The zero-order chi connectivity index (χ0) is 22.6. The summed E-state index contributed by atoms with van der Waals surface area (Å²) in [5.74, 6) is -0.345. The highest BCUT2D eigenvalue weighted by molar-refractivity contribution is 6.48. The molecule has 1 aliphatic rings. The molecule has 0 bridgehead atoms. The molecule has 33 heavy (non-hydrogen) atoms. The average molecular weight is 444 g/mol. The van der Waals surface area contributed by atoms with Gasteiger partial charge < -0.3 is 14.8 Å². The summed E-state index contributed by atoms with van der Waals surface area (Å²) in [7, 11) is 0. The number of hydrogen-bond acceptors (Lipinski definition) is 6. The minimum Gasteiger partial charge on any atom is -0.492 e. The van der Waals surface area contributed by atoms with Crippen molar-refractivity contribution in [1.29, 1.82) is 0 Å². The van der Waals surface area contributed by atoms with Gasteiger partial charge in [-0.25, -0.2) is 0 Å². The second-order valence-corrected chi connectivity index (χ2v) is 7.86. The predicted molar refractivity (Wildman–Crippen MR) is 126 cm³/mol. The number of H-pyrrole nitrogens is 1. The van der Waals surface area contributed by atoms with Crippen molar-refractivity contribution in [2.45, 2.75) is 0 Å². The van der Waals surface area contributed by atoms with Crippen molar-refractivity contribution in [3.8, 4) is 5.75 Å². The summed E-state index contributed by atoms with van der Waals surface area (Å²) in [6.07, 6.45) is 0. The molecule has 1 saturated heterocycles. The molecular weight excluding hydrogens is 420 g/mol. The molecule has 0 saturated carbocycles. The van der Waals surface area contributed by atoms with Crippen LogP contribution in [0.4, 0.5) is 5.82 Å². The average Bonchev–Trinajstić information content (AvgIpc) is 3.27. The quantitative estimate of drug-likeness (QED) is 0.336. The monoisotopic (exact) mass is 444 g/mol. The Morgan fingerprint density at radius 1 is 0.970 bits per heavy atom. The predicted octanol–water partition coefficient (Wildman–Crippen LogP) is 3.25. The van der Waals surface area contributed by atoms with Crippen LogP contribution in [0.5, 0.6) is 5.75 Å². The Labute approximate surface area is 190 Å². The van der Waals surface area contributed by atoms with E-state index in [4.69, 9.17) is 9.47 Å². The van der Waals surface area contributed by atoms with E-state index in [-0.39, 0.29) is 0 Å². The number of fused-ring (bicyclic) bond motifs is 2. The number of benzene rings is 3. The highest BCUT2D eigenvalue weighted by Crippen LogP contribution is 2.29. The van der Waals surface area contributed by atoms with Gasteiger partial charge in [0.1, 0.15) is 12.4 Å². The fraction of sp³-hybridized carbons (Fsp3) is 0.240. The lowest BCUT2D eigenvalue weighted by Gasteiger charge is -2.26. The molecule has 2 N–H and O–H groups in total. The first kappa shape index (κ1) is 21.1. The van der Waals surface area contributed by atoms with Crippen molar-refractivity contribution in [2.24, 2.45) is 0 Å². The van der Waals surface area contributed by atoms with Crippen LogP contribution in [0.15, 0.2) is 60.7 Å². The molecule has 168 valence electrons. The van der Waals surface area contributed by atoms with Gasteiger partial charge in [0.2, 0.25) is 0 Å². The first-order valence-electron chi connectivity index (χ1n) is 10.9. The van der Waals surface area contributed by atoms with E-state index in [2.05, 4.69) is 20.4 Å². The maximum absolute atomic E-state index is 13.0. The standard InChI is InChI=1S/C25H24N4O4/c30-23(25(31)26-24-20-7-3-4-8-21(20)27-28-24)19-9-10-22(18-6-2-1-5-17(18)19)33-16-13-29-11-14-32-15-12-29/h1-10H,11-16H2,(H2,26,27,28,31). The number of aromatic nitrogens is 2. The summed E-state index contributed by atoms with van der Waals surface area (Å²) < 4.78 is 11.4. The van der Waals surface area contributed by atoms with Crippen LogP contribution in [-0.2, 0) is 9.53 Å². The topological polar surface area (TPSA) is 96.5 Å². The van der Waals surface area contributed by atoms with E-state index in [1.54, 1.807) is 12.1 Å². The number of amides is 1. The number of morpholine rings is 1. The number of rotatable bonds is 7. The van der Waals surface area contributed by atoms with E-state index < -0.39 is 11.7 Å². The Bertz CT molecular complexity index is 1310. The molecule has 2 heterocycles. The zero-order valence-corrected chi connectivity index (χ0v) is 18.0. The number of nitrogens with zero attached hydrogens (tertiary/aromatic N) is 2. The molecule has 8 nitrogen and oxygen atoms in total. The van der Waals surface area contributed by atoms with E-state index in [0.717, 1.165) is 49.1 Å². The summed E-state index contributed by atoms with van der Waals surface area (Å²) in [5, 5.41) is 11.8. The van der Waals surface area contributed by atoms with Gasteiger partial charge in [-0.2, -0.15) is 5.10 Å². The fourth-order valence-corrected chi connectivity index (χ4v) is 4.05. The fourth-order valence-electron chi connectivity index (χ4n) is 4.05. The molecule has 5 rings (SSSR count). The molecule has 4 aromatic rings. The normalized spacial score (nSPS) is 14.4. The van der Waals surface area contributed by atoms with Gasteiger partial charge in [0, 0.05) is 36.0 Å². The molecule has 3 aromatic carbocycles. The number of ether oxygens (including phenoxy) is 2. The number of Topliss-reactive ketones (excluding diaryl/α,β-unsaturated/α-hetero) is 1. The van der Waals surface area contributed by atoms with Gasteiger partial charge in [0.05, 0.1) is 18.7 Å². The maximum atomic E-state index is 13.0. The molecule has 1 amide bonds. The van der Waals surface area contributed by atoms with Crippen molar-refractivity contribution >= 4 is 39.2 Å². The number of hydrogen-bond donors (Lipinski definition) is 2. The summed E-state index contributed by atoms with van der Waals surface area (Å²) in [6.45, 7) is 4.63. The number of aromatic amines is 1. The Morgan fingerprint density at radius 3 is 2.52 bits per heavy atom. The third-order valence-corrected chi connectivity index (χ3v) is 5.81. The Morgan fingerprint density at radius 2 is 1.70 bits per heavy atom. The Balaban J connectivity index is 1.34. The van der Waals surface area contributed by atoms with Crippen LogP contribution in [0.1, 0.15) is 10.4 Å². The van der Waals surface area contributed by atoms with Crippen LogP contribution in [0, 0.1) is 0 Å². The highest BCUT2D eigenvalue weighted by Gasteiger charge is 2.22. The van der Waals surface area contributed by atoms with Crippen LogP contribution in [0.25, 0.3) is 21.7 Å². The molecule has 1 aromatic heterocycles. The van der Waals surface area contributed by atoms with E-state index in [9.17, 15) is 9.59 Å². The van der Waals surface area contributed by atoms with Crippen LogP contribution in [0.3, 0.4) is 0 Å². The number of ketones is 1. The molecule has 0 radical (unpaired) electrons. The van der Waals surface area contributed by atoms with Crippen molar-refractivity contribution in [1.82, 2.24) is 15.1 Å². The largest absolute Gasteiger partial charge is 0.492 e. The molecule has 1 aliphatic heterocycles. The first-order valence-corrected chi connectivity index (χ1v) is 10.9. The summed E-state index contributed by atoms with van der Waals surface area (Å²) >= 11 is 0. The van der Waals surface area contributed by atoms with Gasteiger partial charge in [-0.3, -0.25) is 19.6 Å². The van der Waals surface area contributed by atoms with Gasteiger partial charge in [-0.15, -0.1) is 0 Å². The number of nitrogens with one attached hydrogen (secondary N) is 2. The van der Waals surface area contributed by atoms with Crippen molar-refractivity contribution in [2.75, 3.05) is 44.8 Å². The lowest BCUT2D eigenvalue weighted by atomic mass is 10.00. The summed E-state index contributed by atoms with van der Waals surface area (Å²) in [6, 6.07) is 18.3. The highest BCUT2D eigenvalue weighted by atomic mass is 16.5. The molecule has 8 heteroatoms. The van der Waals surface area contributed by atoms with Crippen molar-refractivity contribution < 1.29 is 19.1 Å². The van der Waals surface area contributed by atoms with Gasteiger partial charge in [0.15, 0.2) is 5.82 Å². The van der Waals surface area contributed by atoms with Crippen molar-refractivity contribution in [3.63, 3.8) is 0 Å². The van der Waals surface area contributed by atoms with Gasteiger partial charge in [-0.1, -0.05) is 36.4 Å². The van der Waals surface area contributed by atoms with E-state index in [0.29, 0.717) is 29.1 Å². The van der Waals surface area contributed by atoms with E-state index >= 15 is 0 Å². The molecule has 0 atom stereocenters. The van der Waals surface area contributed by atoms with Crippen LogP contribution >= 0.6 is 0 Å². The Kier molecular flexibility index (Phi) is 6.01. The molecule has 0 unspecified atom stereocenters. The maximum Gasteiger partial charge on any atom is 0.298 e. The second kappa shape index (κ2) is 9.40. The SMILES string of the molecule is O=C(Nc1n[nH]c2ccccc12)C(=O)c1ccc(OCCN2CCOCC2)c2ccccc12. The van der Waals surface area contributed by atoms with Gasteiger partial charge >= 0.3 is 0 Å². The van der Waals surface area contributed by atoms with Crippen LogP contribution in [-0.4, -0.2) is 66.2 Å². The molecule has 0 aliphatic carbocycles. The van der Waals surface area contributed by atoms with Gasteiger partial charge in [0.25, 0.3) is 11.7 Å². The van der Waals surface area contributed by atoms with Crippen LogP contribution in [0.2, 0.25) is 0 Å². The van der Waals surface area contributed by atoms with Crippen LogP contribution < -0.4 is 10.1 Å². The number of anilines is 1. The summed E-state index contributed by atoms with van der Waals surface area (Å²) in [4.78, 5) is 28.1. The minimum atomic E-state index is -0.738. The number of carbonyl (C=O) groups is 2. The Hall–Kier alpha value is -3.75. The third kappa shape index (κ3) is 4.44. The third-order valence-electron chi connectivity index (χ3n) is 5.81. The number of para-hydroxylation sites is 1. The molecular formula is C25H24N4O4. The molecule has 0 spiro atoms. The van der Waals surface area contributed by atoms with E-state index in [1.807, 2.05) is 48.5 Å². The lowest BCUT2D eigenvalue weighted by Crippen LogP contribution is -2.38. The number of carbonyl (C=O) groups excluding carboxylic acids is 2. The van der Waals surface area contributed by atoms with Gasteiger partial charge in [-0.05, 0) is 29.7 Å². The lowest BCUT2D eigenvalue weighted by molar-refractivity contribution is -0.112. The zero-order valence-electron chi connectivity index (χ0n) is 18.0. The molecule has 1 fully saturated rings. The second-order valence-electron chi connectivity index (χ2n) is 7.86.